The molecule has 0 aromatic heterocycles. The van der Waals surface area contributed by atoms with E-state index in [9.17, 15) is 18.0 Å². The number of carbonyl (C=O) groups excluding carboxylic acids is 2. The minimum absolute atomic E-state index is 0.0675. The van der Waals surface area contributed by atoms with Crippen molar-refractivity contribution in [1.82, 2.24) is 9.21 Å². The molecule has 1 unspecified atom stereocenters. The molecule has 0 radical (unpaired) electrons. The summed E-state index contributed by atoms with van der Waals surface area (Å²) in [7, 11) is -2.43. The number of hydrogen-bond donors (Lipinski definition) is 0. The molecule has 1 aromatic carbocycles. The van der Waals surface area contributed by atoms with Crippen LogP contribution >= 0.6 is 0 Å². The van der Waals surface area contributed by atoms with E-state index in [2.05, 4.69) is 0 Å². The first-order chi connectivity index (χ1) is 13.0. The Hall–Kier alpha value is -2.13. The van der Waals surface area contributed by atoms with E-state index in [-0.39, 0.29) is 31.8 Å². The van der Waals surface area contributed by atoms with Gasteiger partial charge < -0.3 is 14.4 Å². The number of esters is 1. The molecule has 1 atom stereocenters. The van der Waals surface area contributed by atoms with Crippen molar-refractivity contribution in [3.8, 4) is 0 Å². The second-order valence-electron chi connectivity index (χ2n) is 7.71. The quantitative estimate of drug-likeness (QED) is 0.687. The maximum absolute atomic E-state index is 13.0. The smallest absolute Gasteiger partial charge is 0.410 e. The van der Waals surface area contributed by atoms with Crippen molar-refractivity contribution in [2.75, 3.05) is 26.7 Å². The largest absolute Gasteiger partial charge is 0.469 e. The molecule has 1 amide bonds. The maximum Gasteiger partial charge on any atom is 0.410 e. The normalized spacial score (nSPS) is 18.6. The van der Waals surface area contributed by atoms with Crippen molar-refractivity contribution in [2.45, 2.75) is 44.6 Å². The van der Waals surface area contributed by atoms with E-state index in [0.717, 1.165) is 0 Å². The molecule has 0 spiro atoms. The molecule has 156 valence electrons. The summed E-state index contributed by atoms with van der Waals surface area (Å²) in [5.74, 6) is -0.700. The Morgan fingerprint density at radius 1 is 1.14 bits per heavy atom. The molecular weight excluding hydrogens is 384 g/mol. The van der Waals surface area contributed by atoms with Crippen LogP contribution in [0.5, 0.6) is 0 Å². The van der Waals surface area contributed by atoms with Gasteiger partial charge in [0.25, 0.3) is 0 Å². The SMILES string of the molecule is COC(=O)CC1CN(C(=O)OC(C)(C)C)CCN1S(=O)(=O)Cc1ccccc1. The van der Waals surface area contributed by atoms with E-state index >= 15 is 0 Å². The first-order valence-electron chi connectivity index (χ1n) is 9.10. The van der Waals surface area contributed by atoms with Crippen LogP contribution in [0.3, 0.4) is 0 Å². The summed E-state index contributed by atoms with van der Waals surface area (Å²) in [6.45, 7) is 5.64. The lowest BCUT2D eigenvalue weighted by molar-refractivity contribution is -0.142. The Labute approximate surface area is 166 Å². The fraction of sp³-hybridized carbons (Fsp3) is 0.579. The molecule has 0 aliphatic carbocycles. The zero-order chi connectivity index (χ0) is 20.9. The molecule has 1 aliphatic rings. The van der Waals surface area contributed by atoms with Gasteiger partial charge in [0.1, 0.15) is 5.60 Å². The van der Waals surface area contributed by atoms with Gasteiger partial charge in [-0.25, -0.2) is 13.2 Å². The Morgan fingerprint density at radius 3 is 2.36 bits per heavy atom. The Bertz CT molecular complexity index is 788. The van der Waals surface area contributed by atoms with Gasteiger partial charge in [0, 0.05) is 19.6 Å². The first kappa shape index (κ1) is 22.2. The molecule has 0 bridgehead atoms. The highest BCUT2D eigenvalue weighted by Crippen LogP contribution is 2.22. The second kappa shape index (κ2) is 8.91. The number of benzene rings is 1. The van der Waals surface area contributed by atoms with Crippen LogP contribution in [0.25, 0.3) is 0 Å². The summed E-state index contributed by atoms with van der Waals surface area (Å²) in [6.07, 6.45) is -0.661. The molecule has 1 saturated heterocycles. The third kappa shape index (κ3) is 6.20. The van der Waals surface area contributed by atoms with Gasteiger partial charge in [-0.15, -0.1) is 0 Å². The number of rotatable bonds is 5. The van der Waals surface area contributed by atoms with Crippen molar-refractivity contribution in [2.24, 2.45) is 0 Å². The Balaban J connectivity index is 2.19. The summed E-state index contributed by atoms with van der Waals surface area (Å²) < 4.78 is 37.4. The van der Waals surface area contributed by atoms with Crippen LogP contribution in [0.1, 0.15) is 32.8 Å². The Kier molecular flexibility index (Phi) is 7.06. The number of methoxy groups -OCH3 is 1. The molecule has 2 rings (SSSR count). The second-order valence-corrected chi connectivity index (χ2v) is 9.63. The predicted molar refractivity (Wildman–Crippen MR) is 104 cm³/mol. The minimum Gasteiger partial charge on any atom is -0.469 e. The van der Waals surface area contributed by atoms with Crippen molar-refractivity contribution >= 4 is 22.1 Å². The van der Waals surface area contributed by atoms with Crippen LogP contribution in [0.2, 0.25) is 0 Å². The highest BCUT2D eigenvalue weighted by atomic mass is 32.2. The molecule has 1 heterocycles. The molecule has 9 heteroatoms. The van der Waals surface area contributed by atoms with Crippen LogP contribution in [0.15, 0.2) is 30.3 Å². The van der Waals surface area contributed by atoms with Crippen LogP contribution in [0, 0.1) is 0 Å². The standard InChI is InChI=1S/C19H28N2O6S/c1-19(2,3)27-18(23)20-10-11-21(16(13-20)12-17(22)26-4)28(24,25)14-15-8-6-5-7-9-15/h5-9,16H,10-14H2,1-4H3. The van der Waals surface area contributed by atoms with E-state index < -0.39 is 33.7 Å². The number of carbonyl (C=O) groups is 2. The molecule has 28 heavy (non-hydrogen) atoms. The van der Waals surface area contributed by atoms with E-state index in [4.69, 9.17) is 9.47 Å². The molecular formula is C19H28N2O6S. The van der Waals surface area contributed by atoms with Crippen LogP contribution in [0.4, 0.5) is 4.79 Å². The topological polar surface area (TPSA) is 93.2 Å². The van der Waals surface area contributed by atoms with E-state index in [0.29, 0.717) is 5.56 Å². The third-order valence-corrected chi connectivity index (χ3v) is 6.15. The third-order valence-electron chi connectivity index (χ3n) is 4.26. The number of piperazine rings is 1. The molecule has 1 aliphatic heterocycles. The summed E-state index contributed by atoms with van der Waals surface area (Å²) in [5, 5.41) is 0. The molecule has 8 nitrogen and oxygen atoms in total. The van der Waals surface area contributed by atoms with E-state index in [1.54, 1.807) is 45.0 Å². The summed E-state index contributed by atoms with van der Waals surface area (Å²) in [6, 6.07) is 8.14. The molecule has 1 fully saturated rings. The van der Waals surface area contributed by atoms with Gasteiger partial charge in [0.2, 0.25) is 10.0 Å². The van der Waals surface area contributed by atoms with Crippen molar-refractivity contribution < 1.29 is 27.5 Å². The molecule has 0 saturated carbocycles. The van der Waals surface area contributed by atoms with Gasteiger partial charge >= 0.3 is 12.1 Å². The van der Waals surface area contributed by atoms with Gasteiger partial charge in [-0.2, -0.15) is 4.31 Å². The first-order valence-corrected chi connectivity index (χ1v) is 10.7. The average molecular weight is 413 g/mol. The van der Waals surface area contributed by atoms with Crippen LogP contribution in [-0.4, -0.2) is 68.1 Å². The zero-order valence-corrected chi connectivity index (χ0v) is 17.6. The highest BCUT2D eigenvalue weighted by Gasteiger charge is 2.39. The number of amides is 1. The fourth-order valence-electron chi connectivity index (χ4n) is 3.01. The van der Waals surface area contributed by atoms with Gasteiger partial charge in [0.05, 0.1) is 25.3 Å². The maximum atomic E-state index is 13.0. The zero-order valence-electron chi connectivity index (χ0n) is 16.8. The number of nitrogens with zero attached hydrogens (tertiary/aromatic N) is 2. The van der Waals surface area contributed by atoms with E-state index in [1.165, 1.54) is 16.3 Å². The van der Waals surface area contributed by atoms with Crippen molar-refractivity contribution in [3.63, 3.8) is 0 Å². The number of ether oxygens (including phenoxy) is 2. The van der Waals surface area contributed by atoms with Gasteiger partial charge in [-0.1, -0.05) is 30.3 Å². The van der Waals surface area contributed by atoms with E-state index in [1.807, 2.05) is 6.07 Å². The van der Waals surface area contributed by atoms with Gasteiger partial charge in [-0.3, -0.25) is 4.79 Å². The summed E-state index contributed by atoms with van der Waals surface area (Å²) >= 11 is 0. The van der Waals surface area contributed by atoms with Crippen LogP contribution < -0.4 is 0 Å². The molecule has 0 N–H and O–H groups in total. The fourth-order valence-corrected chi connectivity index (χ4v) is 4.74. The lowest BCUT2D eigenvalue weighted by Gasteiger charge is -2.40. The number of hydrogen-bond acceptors (Lipinski definition) is 6. The lowest BCUT2D eigenvalue weighted by atomic mass is 10.1. The minimum atomic E-state index is -3.68. The van der Waals surface area contributed by atoms with Crippen LogP contribution in [-0.2, 0) is 30.0 Å². The van der Waals surface area contributed by atoms with Crippen molar-refractivity contribution in [3.05, 3.63) is 35.9 Å². The molecule has 1 aromatic rings. The monoisotopic (exact) mass is 412 g/mol. The van der Waals surface area contributed by atoms with Gasteiger partial charge in [-0.05, 0) is 26.3 Å². The average Bonchev–Trinajstić information content (AvgIpc) is 2.60. The summed E-state index contributed by atoms with van der Waals surface area (Å²) in [5.41, 5.74) is -0.000252. The Morgan fingerprint density at radius 2 is 1.79 bits per heavy atom. The number of sulfonamides is 1. The summed E-state index contributed by atoms with van der Waals surface area (Å²) in [4.78, 5) is 25.7. The predicted octanol–water partition coefficient (Wildman–Crippen LogP) is 2.00. The van der Waals surface area contributed by atoms with Gasteiger partial charge in [0.15, 0.2) is 0 Å². The lowest BCUT2D eigenvalue weighted by Crippen LogP contribution is -2.57. The highest BCUT2D eigenvalue weighted by molar-refractivity contribution is 7.88. The van der Waals surface area contributed by atoms with Crippen molar-refractivity contribution in [1.29, 1.82) is 0 Å².